The number of amides is 1. The van der Waals surface area contributed by atoms with E-state index in [9.17, 15) is 9.59 Å². The fourth-order valence-corrected chi connectivity index (χ4v) is 3.65. The van der Waals surface area contributed by atoms with Gasteiger partial charge in [0, 0.05) is 45.7 Å². The lowest BCUT2D eigenvalue weighted by Crippen LogP contribution is -2.12. The van der Waals surface area contributed by atoms with Crippen LogP contribution in [-0.4, -0.2) is 31.9 Å². The first kappa shape index (κ1) is 20.9. The van der Waals surface area contributed by atoms with Gasteiger partial charge in [0.1, 0.15) is 12.1 Å². The minimum Gasteiger partial charge on any atom is -0.478 e. The van der Waals surface area contributed by atoms with E-state index in [-0.39, 0.29) is 11.5 Å². The molecule has 0 unspecified atom stereocenters. The number of rotatable bonds is 6. The Kier molecular flexibility index (Phi) is 5.45. The van der Waals surface area contributed by atoms with Crippen LogP contribution in [0.5, 0.6) is 0 Å². The Morgan fingerprint density at radius 3 is 2.41 bits per heavy atom. The second kappa shape index (κ2) is 8.87. The molecule has 0 atom stereocenters. The lowest BCUT2D eigenvalue weighted by Gasteiger charge is -2.10. The van der Waals surface area contributed by atoms with Crippen molar-refractivity contribution in [2.24, 2.45) is 0 Å². The number of nitrogens with one attached hydrogen (secondary N) is 3. The molecule has 8 nitrogen and oxygen atoms in total. The molecule has 34 heavy (non-hydrogen) atoms. The Labute approximate surface area is 194 Å². The van der Waals surface area contributed by atoms with E-state index in [1.165, 1.54) is 30.6 Å². The van der Waals surface area contributed by atoms with Crippen LogP contribution in [0.25, 0.3) is 22.2 Å². The molecule has 0 aliphatic heterocycles. The van der Waals surface area contributed by atoms with E-state index in [2.05, 4.69) is 25.6 Å². The highest BCUT2D eigenvalue weighted by atomic mass is 16.4. The fraction of sp³-hybridized carbons (Fsp3) is 0. The topological polar surface area (TPSA) is 120 Å². The lowest BCUT2D eigenvalue weighted by atomic mass is 10.1. The van der Waals surface area contributed by atoms with E-state index in [0.717, 1.165) is 27.8 Å². The summed E-state index contributed by atoms with van der Waals surface area (Å²) < 4.78 is 0. The van der Waals surface area contributed by atoms with Gasteiger partial charge in [0.25, 0.3) is 5.91 Å². The minimum absolute atomic E-state index is 0.125. The highest BCUT2D eigenvalue weighted by Gasteiger charge is 2.10. The maximum absolute atomic E-state index is 12.5. The molecule has 8 heteroatoms. The number of benzene rings is 3. The Morgan fingerprint density at radius 1 is 0.824 bits per heavy atom. The van der Waals surface area contributed by atoms with Gasteiger partial charge in [-0.15, -0.1) is 0 Å². The number of carboxylic acid groups (broad SMARTS) is 1. The van der Waals surface area contributed by atoms with Crippen molar-refractivity contribution in [3.05, 3.63) is 103 Å². The van der Waals surface area contributed by atoms with Crippen LogP contribution >= 0.6 is 0 Å². The molecule has 0 radical (unpaired) electrons. The zero-order chi connectivity index (χ0) is 23.5. The highest BCUT2D eigenvalue weighted by molar-refractivity contribution is 6.05. The molecular weight excluding hydrogens is 430 g/mol. The van der Waals surface area contributed by atoms with Gasteiger partial charge < -0.3 is 20.7 Å². The van der Waals surface area contributed by atoms with Crippen molar-refractivity contribution in [2.45, 2.75) is 0 Å². The number of carbonyl (C=O) groups excluding carboxylic acids is 1. The van der Waals surface area contributed by atoms with Crippen LogP contribution in [0.4, 0.5) is 17.2 Å². The van der Waals surface area contributed by atoms with Crippen LogP contribution in [0.1, 0.15) is 20.7 Å². The first-order chi connectivity index (χ1) is 16.6. The molecule has 0 saturated heterocycles. The zero-order valence-corrected chi connectivity index (χ0v) is 17.8. The number of nitrogens with zero attached hydrogens (tertiary/aromatic N) is 2. The molecule has 1 amide bonds. The first-order valence-electron chi connectivity index (χ1n) is 10.5. The van der Waals surface area contributed by atoms with Crippen molar-refractivity contribution in [3.63, 3.8) is 0 Å². The van der Waals surface area contributed by atoms with Gasteiger partial charge in [-0.3, -0.25) is 4.79 Å². The number of aromatic amines is 1. The van der Waals surface area contributed by atoms with Gasteiger partial charge in [0.15, 0.2) is 0 Å². The molecule has 5 rings (SSSR count). The SMILES string of the molecule is O=C(O)c1ccc(C(=O)Nc2cccc(Nc3cc(-c4c[nH]c5ccccc45)ncn3)c2)cc1. The largest absolute Gasteiger partial charge is 0.478 e. The average Bonchev–Trinajstić information content (AvgIpc) is 3.29. The van der Waals surface area contributed by atoms with Gasteiger partial charge in [-0.1, -0.05) is 24.3 Å². The van der Waals surface area contributed by atoms with Gasteiger partial charge in [0.2, 0.25) is 0 Å². The van der Waals surface area contributed by atoms with Crippen molar-refractivity contribution in [1.82, 2.24) is 15.0 Å². The van der Waals surface area contributed by atoms with Crippen molar-refractivity contribution in [3.8, 4) is 11.3 Å². The Bertz CT molecular complexity index is 1510. The number of carbonyl (C=O) groups is 2. The van der Waals surface area contributed by atoms with E-state index in [0.29, 0.717) is 17.1 Å². The van der Waals surface area contributed by atoms with Gasteiger partial charge in [-0.25, -0.2) is 14.8 Å². The average molecular weight is 449 g/mol. The second-order valence-electron chi connectivity index (χ2n) is 7.58. The molecule has 0 aliphatic rings. The summed E-state index contributed by atoms with van der Waals surface area (Å²) in [7, 11) is 0. The number of para-hydroxylation sites is 1. The summed E-state index contributed by atoms with van der Waals surface area (Å²) in [5.41, 5.74) is 4.61. The van der Waals surface area contributed by atoms with Crippen LogP contribution in [-0.2, 0) is 0 Å². The van der Waals surface area contributed by atoms with E-state index in [1.807, 2.05) is 48.7 Å². The molecule has 2 heterocycles. The van der Waals surface area contributed by atoms with Gasteiger partial charge in [-0.05, 0) is 48.5 Å². The Morgan fingerprint density at radius 2 is 1.59 bits per heavy atom. The second-order valence-corrected chi connectivity index (χ2v) is 7.58. The summed E-state index contributed by atoms with van der Waals surface area (Å²) in [5, 5.41) is 16.2. The summed E-state index contributed by atoms with van der Waals surface area (Å²) in [5.74, 6) is -0.760. The number of hydrogen-bond donors (Lipinski definition) is 4. The molecule has 0 spiro atoms. The fourth-order valence-electron chi connectivity index (χ4n) is 3.65. The number of hydrogen-bond acceptors (Lipinski definition) is 5. The molecule has 0 saturated carbocycles. The molecule has 2 aromatic heterocycles. The quantitative estimate of drug-likeness (QED) is 0.279. The normalized spacial score (nSPS) is 10.7. The number of H-pyrrole nitrogens is 1. The van der Waals surface area contributed by atoms with Crippen molar-refractivity contribution >= 4 is 40.0 Å². The maximum atomic E-state index is 12.5. The summed E-state index contributed by atoms with van der Waals surface area (Å²) in [6.45, 7) is 0. The molecule has 0 fully saturated rings. The van der Waals surface area contributed by atoms with Crippen molar-refractivity contribution < 1.29 is 14.7 Å². The first-order valence-corrected chi connectivity index (χ1v) is 10.5. The molecule has 5 aromatic rings. The summed E-state index contributed by atoms with van der Waals surface area (Å²) >= 11 is 0. The van der Waals surface area contributed by atoms with Crippen molar-refractivity contribution in [1.29, 1.82) is 0 Å². The Hall–Kier alpha value is -4.98. The highest BCUT2D eigenvalue weighted by Crippen LogP contribution is 2.28. The minimum atomic E-state index is -1.04. The van der Waals surface area contributed by atoms with Crippen LogP contribution in [0, 0.1) is 0 Å². The molecule has 0 aliphatic carbocycles. The monoisotopic (exact) mass is 449 g/mol. The third-order valence-electron chi connectivity index (χ3n) is 5.32. The van der Waals surface area contributed by atoms with E-state index >= 15 is 0 Å². The smallest absolute Gasteiger partial charge is 0.335 e. The number of anilines is 3. The van der Waals surface area contributed by atoms with Crippen LogP contribution < -0.4 is 10.6 Å². The summed E-state index contributed by atoms with van der Waals surface area (Å²) in [6, 6.07) is 22.9. The van der Waals surface area contributed by atoms with Crippen LogP contribution in [0.3, 0.4) is 0 Å². The van der Waals surface area contributed by atoms with Crippen LogP contribution in [0.15, 0.2) is 91.4 Å². The molecule has 166 valence electrons. The number of aromatic carboxylic acids is 1. The standard InChI is InChI=1S/C26H19N5O3/c32-25(16-8-10-17(11-9-16)26(33)34)31-19-5-3-4-18(12-19)30-24-13-23(28-15-29-24)21-14-27-22-7-2-1-6-20(21)22/h1-15,27H,(H,31,32)(H,33,34)(H,28,29,30). The third kappa shape index (κ3) is 4.33. The van der Waals surface area contributed by atoms with E-state index in [4.69, 9.17) is 5.11 Å². The zero-order valence-electron chi connectivity index (χ0n) is 17.8. The summed E-state index contributed by atoms with van der Waals surface area (Å²) in [4.78, 5) is 35.5. The van der Waals surface area contributed by atoms with Crippen LogP contribution in [0.2, 0.25) is 0 Å². The van der Waals surface area contributed by atoms with Gasteiger partial charge in [0.05, 0.1) is 11.3 Å². The van der Waals surface area contributed by atoms with Gasteiger partial charge in [-0.2, -0.15) is 0 Å². The predicted molar refractivity (Wildman–Crippen MR) is 130 cm³/mol. The number of aromatic nitrogens is 3. The summed E-state index contributed by atoms with van der Waals surface area (Å²) in [6.07, 6.45) is 3.43. The molecule has 4 N–H and O–H groups in total. The Balaban J connectivity index is 1.33. The van der Waals surface area contributed by atoms with Gasteiger partial charge >= 0.3 is 5.97 Å². The maximum Gasteiger partial charge on any atom is 0.335 e. The van der Waals surface area contributed by atoms with E-state index < -0.39 is 5.97 Å². The number of carboxylic acids is 1. The lowest BCUT2D eigenvalue weighted by molar-refractivity contribution is 0.0696. The van der Waals surface area contributed by atoms with E-state index in [1.54, 1.807) is 12.1 Å². The predicted octanol–water partition coefficient (Wildman–Crippen LogP) is 5.32. The number of fused-ring (bicyclic) bond motifs is 1. The molecule has 0 bridgehead atoms. The third-order valence-corrected chi connectivity index (χ3v) is 5.32. The molecular formula is C26H19N5O3. The molecule has 3 aromatic carbocycles. The van der Waals surface area contributed by atoms with Crippen molar-refractivity contribution in [2.75, 3.05) is 10.6 Å².